The van der Waals surface area contributed by atoms with Gasteiger partial charge in [-0.2, -0.15) is 13.8 Å². The average Bonchev–Trinajstić information content (AvgIpc) is 2.66. The van der Waals surface area contributed by atoms with Gasteiger partial charge in [-0.1, -0.05) is 17.3 Å². The lowest BCUT2D eigenvalue weighted by Crippen LogP contribution is -1.87. The van der Waals surface area contributed by atoms with Crippen LogP contribution in [0.4, 0.5) is 14.5 Å². The van der Waals surface area contributed by atoms with Crippen molar-refractivity contribution in [2.45, 2.75) is 6.43 Å². The summed E-state index contributed by atoms with van der Waals surface area (Å²) >= 11 is 0. The number of benzene rings is 1. The van der Waals surface area contributed by atoms with E-state index in [1.54, 1.807) is 24.3 Å². The third-order valence-corrected chi connectivity index (χ3v) is 1.77. The summed E-state index contributed by atoms with van der Waals surface area (Å²) in [5.74, 6) is -0.579. The second-order valence-electron chi connectivity index (χ2n) is 2.88. The first kappa shape index (κ1) is 12.4. The van der Waals surface area contributed by atoms with Crippen LogP contribution in [0, 0.1) is 0 Å². The van der Waals surface area contributed by atoms with Crippen molar-refractivity contribution < 1.29 is 13.3 Å². The molecule has 0 aliphatic carbocycles. The van der Waals surface area contributed by atoms with Crippen LogP contribution in [0.3, 0.4) is 0 Å². The maximum absolute atomic E-state index is 12.2. The molecule has 0 unspecified atom stereocenters. The van der Waals surface area contributed by atoms with Crippen LogP contribution >= 0.6 is 12.4 Å². The number of rotatable bonds is 2. The van der Waals surface area contributed by atoms with Gasteiger partial charge >= 0.3 is 6.43 Å². The first-order valence-electron chi connectivity index (χ1n) is 4.14. The van der Waals surface area contributed by atoms with Gasteiger partial charge in [0.05, 0.1) is 0 Å². The minimum absolute atomic E-state index is 0. The van der Waals surface area contributed by atoms with Gasteiger partial charge in [0.2, 0.25) is 5.82 Å². The van der Waals surface area contributed by atoms with E-state index < -0.39 is 12.3 Å². The Morgan fingerprint density at radius 3 is 2.62 bits per heavy atom. The maximum Gasteiger partial charge on any atom is 0.315 e. The van der Waals surface area contributed by atoms with E-state index in [1.165, 1.54) is 0 Å². The highest BCUT2D eigenvalue weighted by Gasteiger charge is 2.16. The molecule has 0 amide bonds. The van der Waals surface area contributed by atoms with E-state index in [0.717, 1.165) is 0 Å². The number of nitrogens with zero attached hydrogens (tertiary/aromatic N) is 2. The van der Waals surface area contributed by atoms with Crippen molar-refractivity contribution in [2.75, 3.05) is 5.73 Å². The summed E-state index contributed by atoms with van der Waals surface area (Å²) in [5, 5.41) is 3.43. The van der Waals surface area contributed by atoms with Crippen LogP contribution in [0.25, 0.3) is 11.4 Å². The number of alkyl halides is 2. The van der Waals surface area contributed by atoms with Crippen LogP contribution in [-0.4, -0.2) is 10.1 Å². The van der Waals surface area contributed by atoms with E-state index in [4.69, 9.17) is 5.73 Å². The van der Waals surface area contributed by atoms with Crippen molar-refractivity contribution in [3.8, 4) is 11.4 Å². The smallest absolute Gasteiger partial charge is 0.315 e. The average molecular weight is 248 g/mol. The SMILES string of the molecule is Cl.Nc1cccc(-c2noc(C(F)F)n2)c1. The zero-order chi connectivity index (χ0) is 10.8. The molecule has 2 N–H and O–H groups in total. The molecular weight excluding hydrogens is 240 g/mol. The van der Waals surface area contributed by atoms with Gasteiger partial charge < -0.3 is 10.3 Å². The van der Waals surface area contributed by atoms with Gasteiger partial charge in [-0.25, -0.2) is 0 Å². The predicted molar refractivity (Wildman–Crippen MR) is 56.4 cm³/mol. The van der Waals surface area contributed by atoms with Crippen LogP contribution < -0.4 is 5.73 Å². The molecule has 0 aliphatic heterocycles. The van der Waals surface area contributed by atoms with E-state index in [2.05, 4.69) is 14.7 Å². The number of halogens is 3. The molecule has 1 aromatic carbocycles. The molecule has 4 nitrogen and oxygen atoms in total. The Hall–Kier alpha value is -1.69. The van der Waals surface area contributed by atoms with Crippen molar-refractivity contribution in [2.24, 2.45) is 0 Å². The third kappa shape index (κ3) is 2.46. The van der Waals surface area contributed by atoms with E-state index in [9.17, 15) is 8.78 Å². The molecule has 0 aliphatic rings. The fraction of sp³-hybridized carbons (Fsp3) is 0.111. The first-order chi connectivity index (χ1) is 7.16. The normalized spacial score (nSPS) is 10.2. The van der Waals surface area contributed by atoms with Crippen LogP contribution in [0.2, 0.25) is 0 Å². The molecule has 7 heteroatoms. The largest absolute Gasteiger partial charge is 0.399 e. The summed E-state index contributed by atoms with van der Waals surface area (Å²) < 4.78 is 28.7. The van der Waals surface area contributed by atoms with Crippen LogP contribution in [0.1, 0.15) is 12.3 Å². The van der Waals surface area contributed by atoms with Crippen molar-refractivity contribution in [1.29, 1.82) is 0 Å². The van der Waals surface area contributed by atoms with Gasteiger partial charge in [0.15, 0.2) is 0 Å². The third-order valence-electron chi connectivity index (χ3n) is 1.77. The highest BCUT2D eigenvalue weighted by Crippen LogP contribution is 2.22. The molecule has 0 atom stereocenters. The molecule has 0 bridgehead atoms. The molecule has 1 heterocycles. The maximum atomic E-state index is 12.2. The quantitative estimate of drug-likeness (QED) is 0.829. The van der Waals surface area contributed by atoms with E-state index >= 15 is 0 Å². The van der Waals surface area contributed by atoms with Gasteiger partial charge in [-0.05, 0) is 12.1 Å². The molecule has 1 aromatic heterocycles. The zero-order valence-corrected chi connectivity index (χ0v) is 8.75. The standard InChI is InChI=1S/C9H7F2N3O.ClH/c10-7(11)9-13-8(14-15-9)5-2-1-3-6(12)4-5;/h1-4,7H,12H2;1H. The summed E-state index contributed by atoms with van der Waals surface area (Å²) in [6, 6.07) is 6.61. The van der Waals surface area contributed by atoms with Gasteiger partial charge in [0.1, 0.15) is 0 Å². The monoisotopic (exact) mass is 247 g/mol. The summed E-state index contributed by atoms with van der Waals surface area (Å²) in [6.07, 6.45) is -2.76. The summed E-state index contributed by atoms with van der Waals surface area (Å²) in [7, 11) is 0. The molecule has 0 spiro atoms. The van der Waals surface area contributed by atoms with Crippen LogP contribution in [-0.2, 0) is 0 Å². The van der Waals surface area contributed by atoms with Crippen molar-refractivity contribution in [1.82, 2.24) is 10.1 Å². The highest BCUT2D eigenvalue weighted by atomic mass is 35.5. The summed E-state index contributed by atoms with van der Waals surface area (Å²) in [4.78, 5) is 3.54. The number of nitrogen functional groups attached to an aromatic ring is 1. The van der Waals surface area contributed by atoms with Gasteiger partial charge in [-0.15, -0.1) is 12.4 Å². The Bertz CT molecular complexity index is 475. The Balaban J connectivity index is 0.00000128. The topological polar surface area (TPSA) is 64.9 Å². The number of hydrogen-bond acceptors (Lipinski definition) is 4. The minimum atomic E-state index is -2.76. The number of aromatic nitrogens is 2. The van der Waals surface area contributed by atoms with Crippen molar-refractivity contribution in [3.05, 3.63) is 30.2 Å². The second-order valence-corrected chi connectivity index (χ2v) is 2.88. The molecule has 0 saturated heterocycles. The van der Waals surface area contributed by atoms with Crippen molar-refractivity contribution in [3.63, 3.8) is 0 Å². The van der Waals surface area contributed by atoms with Crippen LogP contribution in [0.15, 0.2) is 28.8 Å². The first-order valence-corrected chi connectivity index (χ1v) is 4.14. The molecule has 2 aromatic rings. The Morgan fingerprint density at radius 1 is 1.31 bits per heavy atom. The zero-order valence-electron chi connectivity index (χ0n) is 7.93. The van der Waals surface area contributed by atoms with Gasteiger partial charge in [0, 0.05) is 11.3 Å². The fourth-order valence-corrected chi connectivity index (χ4v) is 1.12. The fourth-order valence-electron chi connectivity index (χ4n) is 1.12. The lowest BCUT2D eigenvalue weighted by molar-refractivity contribution is 0.106. The van der Waals surface area contributed by atoms with Gasteiger partial charge in [0.25, 0.3) is 5.89 Å². The minimum Gasteiger partial charge on any atom is -0.399 e. The lowest BCUT2D eigenvalue weighted by atomic mass is 10.2. The van der Waals surface area contributed by atoms with E-state index in [0.29, 0.717) is 11.3 Å². The molecule has 86 valence electrons. The highest BCUT2D eigenvalue weighted by molar-refractivity contribution is 5.85. The Morgan fingerprint density at radius 2 is 2.06 bits per heavy atom. The van der Waals surface area contributed by atoms with Crippen molar-refractivity contribution >= 4 is 18.1 Å². The molecule has 0 fully saturated rings. The lowest BCUT2D eigenvalue weighted by Gasteiger charge is -1.95. The summed E-state index contributed by atoms with van der Waals surface area (Å²) in [5.41, 5.74) is 6.59. The Kier molecular flexibility index (Phi) is 3.78. The molecular formula is C9H8ClF2N3O. The van der Waals surface area contributed by atoms with E-state index in [-0.39, 0.29) is 18.2 Å². The number of nitrogens with two attached hydrogens (primary N) is 1. The van der Waals surface area contributed by atoms with E-state index in [1.807, 2.05) is 0 Å². The second kappa shape index (κ2) is 4.89. The molecule has 0 radical (unpaired) electrons. The molecule has 16 heavy (non-hydrogen) atoms. The molecule has 2 rings (SSSR count). The number of hydrogen-bond donors (Lipinski definition) is 1. The van der Waals surface area contributed by atoms with Crippen LogP contribution in [0.5, 0.6) is 0 Å². The summed E-state index contributed by atoms with van der Waals surface area (Å²) in [6.45, 7) is 0. The Labute approximate surface area is 95.9 Å². The predicted octanol–water partition coefficient (Wildman–Crippen LogP) is 2.68. The van der Waals surface area contributed by atoms with Gasteiger partial charge in [-0.3, -0.25) is 0 Å². The number of anilines is 1. The molecule has 0 saturated carbocycles.